The Kier molecular flexibility index (Phi) is 4.34. The topological polar surface area (TPSA) is 110 Å². The molecule has 0 aliphatic heterocycles. The van der Waals surface area contributed by atoms with Crippen LogP contribution in [0.25, 0.3) is 11.8 Å². The van der Waals surface area contributed by atoms with Crippen LogP contribution in [0, 0.1) is 10.1 Å². The van der Waals surface area contributed by atoms with Gasteiger partial charge >= 0.3 is 11.3 Å². The van der Waals surface area contributed by atoms with Crippen molar-refractivity contribution in [2.75, 3.05) is 0 Å². The minimum Gasteiger partial charge on any atom is -0.282 e. The highest BCUT2D eigenvalue weighted by Gasteiger charge is 2.28. The molecule has 2 aromatic carbocycles. The number of H-pyrrole nitrogens is 1. The number of ketones is 1. The fourth-order valence-electron chi connectivity index (χ4n) is 2.20. The first-order chi connectivity index (χ1) is 12.1. The van der Waals surface area contributed by atoms with Crippen molar-refractivity contribution in [2.45, 2.75) is 0 Å². The zero-order chi connectivity index (χ0) is 17.8. The molecule has 0 radical (unpaired) electrons. The molecule has 0 aliphatic rings. The van der Waals surface area contributed by atoms with E-state index in [1.165, 1.54) is 41.1 Å². The van der Waals surface area contributed by atoms with Gasteiger partial charge < -0.3 is 0 Å². The van der Waals surface area contributed by atoms with E-state index in [2.05, 4.69) is 5.27 Å². The molecule has 1 N–H and O–H groups in total. The Balaban J connectivity index is 1.88. The first kappa shape index (κ1) is 16.1. The molecule has 0 unspecified atom stereocenters. The van der Waals surface area contributed by atoms with Gasteiger partial charge in [-0.1, -0.05) is 24.3 Å². The number of non-ortho nitro benzene ring substituents is 1. The number of benzene rings is 2. The Hall–Kier alpha value is -3.81. The first-order valence-electron chi connectivity index (χ1n) is 7.22. The van der Waals surface area contributed by atoms with Crippen molar-refractivity contribution in [3.8, 4) is 5.69 Å². The first-order valence-corrected chi connectivity index (χ1v) is 7.22. The number of nitro benzene ring substituents is 1. The van der Waals surface area contributed by atoms with Gasteiger partial charge in [0.05, 0.1) is 4.92 Å². The lowest BCUT2D eigenvalue weighted by Gasteiger charge is -1.93. The molecule has 0 aliphatic carbocycles. The van der Waals surface area contributed by atoms with Crippen LogP contribution in [0.5, 0.6) is 0 Å². The Morgan fingerprint density at radius 2 is 1.80 bits per heavy atom. The second-order valence-electron chi connectivity index (χ2n) is 5.05. The van der Waals surface area contributed by atoms with E-state index >= 15 is 0 Å². The molecule has 3 rings (SSSR count). The lowest BCUT2D eigenvalue weighted by molar-refractivity contribution is -0.672. The van der Waals surface area contributed by atoms with Crippen molar-refractivity contribution in [1.29, 1.82) is 0 Å². The number of aromatic nitrogens is 2. The molecule has 0 bridgehead atoms. The summed E-state index contributed by atoms with van der Waals surface area (Å²) in [6, 6.07) is 14.4. The molecule has 124 valence electrons. The molecule has 25 heavy (non-hydrogen) atoms. The zero-order valence-corrected chi connectivity index (χ0v) is 12.8. The Morgan fingerprint density at radius 1 is 1.12 bits per heavy atom. The predicted octanol–water partition coefficient (Wildman–Crippen LogP) is 2.05. The molecule has 0 fully saturated rings. The van der Waals surface area contributed by atoms with E-state index in [4.69, 9.17) is 4.52 Å². The molecular weight excluding hydrogens is 326 g/mol. The van der Waals surface area contributed by atoms with E-state index in [1.807, 2.05) is 0 Å². The summed E-state index contributed by atoms with van der Waals surface area (Å²) in [4.78, 5) is 34.3. The number of hydrogen-bond donors (Lipinski definition) is 1. The number of rotatable bonds is 5. The summed E-state index contributed by atoms with van der Waals surface area (Å²) in [5.41, 5.74) is 0.147. The molecule has 0 atom stereocenters. The smallest absolute Gasteiger partial charge is 0.282 e. The normalized spacial score (nSPS) is 10.9. The maximum Gasteiger partial charge on any atom is 0.439 e. The van der Waals surface area contributed by atoms with Gasteiger partial charge in [0.15, 0.2) is 0 Å². The van der Waals surface area contributed by atoms with Crippen molar-refractivity contribution in [3.63, 3.8) is 0 Å². The van der Waals surface area contributed by atoms with E-state index in [-0.39, 0.29) is 11.4 Å². The quantitative estimate of drug-likeness (QED) is 0.252. The average molecular weight is 338 g/mol. The largest absolute Gasteiger partial charge is 0.439 e. The van der Waals surface area contributed by atoms with Gasteiger partial charge in [-0.15, -0.1) is 0 Å². The summed E-state index contributed by atoms with van der Waals surface area (Å²) < 4.78 is 5.97. The third kappa shape index (κ3) is 3.42. The summed E-state index contributed by atoms with van der Waals surface area (Å²) >= 11 is 0. The van der Waals surface area contributed by atoms with Gasteiger partial charge in [-0.05, 0) is 33.7 Å². The predicted molar refractivity (Wildman–Crippen MR) is 87.3 cm³/mol. The van der Waals surface area contributed by atoms with Crippen molar-refractivity contribution < 1.29 is 18.9 Å². The lowest BCUT2D eigenvalue weighted by atomic mass is 10.1. The third-order valence-corrected chi connectivity index (χ3v) is 3.43. The number of carbonyl (C=O) groups excluding carboxylic acids is 1. The highest BCUT2D eigenvalue weighted by Crippen LogP contribution is 2.13. The maximum atomic E-state index is 12.4. The SMILES string of the molecule is O=C(/C=C/c1ccc([N+](=O)[O-])cc1)c1c(=O)o[nH][n+]1-c1ccccc1. The summed E-state index contributed by atoms with van der Waals surface area (Å²) in [6.07, 6.45) is 2.68. The molecule has 8 nitrogen and oxygen atoms in total. The lowest BCUT2D eigenvalue weighted by Crippen LogP contribution is -2.40. The van der Waals surface area contributed by atoms with E-state index in [0.717, 1.165) is 0 Å². The highest BCUT2D eigenvalue weighted by molar-refractivity contribution is 6.04. The third-order valence-electron chi connectivity index (χ3n) is 3.43. The molecule has 0 amide bonds. The Bertz CT molecular complexity index is 1000. The highest BCUT2D eigenvalue weighted by atomic mass is 16.6. The fraction of sp³-hybridized carbons (Fsp3) is 0. The number of para-hydroxylation sites is 1. The van der Waals surface area contributed by atoms with Gasteiger partial charge in [0.25, 0.3) is 11.5 Å². The summed E-state index contributed by atoms with van der Waals surface area (Å²) in [5, 5.41) is 13.0. The van der Waals surface area contributed by atoms with Crippen LogP contribution in [0.4, 0.5) is 5.69 Å². The van der Waals surface area contributed by atoms with Crippen LogP contribution in [0.1, 0.15) is 16.1 Å². The van der Waals surface area contributed by atoms with Crippen LogP contribution in [0.2, 0.25) is 0 Å². The molecule has 0 spiro atoms. The van der Waals surface area contributed by atoms with Gasteiger partial charge in [-0.2, -0.15) is 0 Å². The van der Waals surface area contributed by atoms with Gasteiger partial charge in [-0.3, -0.25) is 19.4 Å². The zero-order valence-electron chi connectivity index (χ0n) is 12.8. The van der Waals surface area contributed by atoms with E-state index < -0.39 is 16.3 Å². The van der Waals surface area contributed by atoms with Gasteiger partial charge in [-0.25, -0.2) is 4.79 Å². The molecule has 1 heterocycles. The number of hydrogen-bond acceptors (Lipinski definition) is 5. The number of allylic oxidation sites excluding steroid dienone is 1. The number of nitro groups is 1. The molecule has 0 saturated heterocycles. The maximum absolute atomic E-state index is 12.4. The Morgan fingerprint density at radius 3 is 2.44 bits per heavy atom. The number of nitrogens with one attached hydrogen (secondary N) is 1. The van der Waals surface area contributed by atoms with Crippen LogP contribution >= 0.6 is 0 Å². The van der Waals surface area contributed by atoms with E-state index in [0.29, 0.717) is 11.3 Å². The summed E-state index contributed by atoms with van der Waals surface area (Å²) in [5.74, 6) is -0.558. The van der Waals surface area contributed by atoms with Gasteiger partial charge in [0.2, 0.25) is 5.69 Å². The molecular formula is C17H12N3O5+. The van der Waals surface area contributed by atoms with Crippen LogP contribution < -0.4 is 10.3 Å². The second kappa shape index (κ2) is 6.75. The summed E-state index contributed by atoms with van der Waals surface area (Å²) in [7, 11) is 0. The number of carbonyl (C=O) groups is 1. The second-order valence-corrected chi connectivity index (χ2v) is 5.05. The molecule has 1 aromatic heterocycles. The van der Waals surface area contributed by atoms with Crippen molar-refractivity contribution in [3.05, 3.63) is 92.5 Å². The monoisotopic (exact) mass is 338 g/mol. The molecule has 0 saturated carbocycles. The van der Waals surface area contributed by atoms with Crippen LogP contribution in [0.15, 0.2) is 70.0 Å². The van der Waals surface area contributed by atoms with E-state index in [1.54, 1.807) is 30.3 Å². The molecule has 8 heteroatoms. The minimum atomic E-state index is -0.790. The van der Waals surface area contributed by atoms with E-state index in [9.17, 15) is 19.7 Å². The number of aromatic amines is 1. The molecule has 3 aromatic rings. The fourth-order valence-corrected chi connectivity index (χ4v) is 2.20. The van der Waals surface area contributed by atoms with Crippen LogP contribution in [-0.2, 0) is 0 Å². The van der Waals surface area contributed by atoms with Crippen LogP contribution in [-0.4, -0.2) is 16.0 Å². The Labute approximate surface area is 140 Å². The van der Waals surface area contributed by atoms with Crippen molar-refractivity contribution in [2.24, 2.45) is 0 Å². The standard InChI is InChI=1S/C17H11N3O5/c21-15(11-8-12-6-9-14(10-7-12)20(23)24)16-17(22)25-18-19(16)13-4-2-1-3-5-13/h1-11H/p+1/b11-8+. The number of nitrogens with zero attached hydrogens (tertiary/aromatic N) is 2. The van der Waals surface area contributed by atoms with Gasteiger partial charge in [0, 0.05) is 24.3 Å². The summed E-state index contributed by atoms with van der Waals surface area (Å²) in [6.45, 7) is 0. The van der Waals surface area contributed by atoms with Crippen LogP contribution in [0.3, 0.4) is 0 Å². The van der Waals surface area contributed by atoms with Gasteiger partial charge in [0.1, 0.15) is 0 Å². The van der Waals surface area contributed by atoms with Crippen molar-refractivity contribution >= 4 is 17.5 Å². The average Bonchev–Trinajstić information content (AvgIpc) is 3.02. The minimum absolute atomic E-state index is 0.0447. The van der Waals surface area contributed by atoms with Crippen molar-refractivity contribution in [1.82, 2.24) is 5.27 Å².